The Morgan fingerprint density at radius 1 is 1.08 bits per heavy atom. The summed E-state index contributed by atoms with van der Waals surface area (Å²) in [6, 6.07) is 7.56. The molecule has 3 aromatic heterocycles. The van der Waals surface area contributed by atoms with E-state index >= 15 is 0 Å². The van der Waals surface area contributed by atoms with Crippen molar-refractivity contribution in [2.75, 3.05) is 32.0 Å². The lowest BCUT2D eigenvalue weighted by Crippen LogP contribution is -2.41. The Kier molecular flexibility index (Phi) is 8.51. The maximum absolute atomic E-state index is 13.7. The van der Waals surface area contributed by atoms with Crippen molar-refractivity contribution in [1.29, 1.82) is 0 Å². The largest absolute Gasteiger partial charge is 0.399 e. The summed E-state index contributed by atoms with van der Waals surface area (Å²) < 4.78 is 4.80. The zero-order chi connectivity index (χ0) is 26.4. The van der Waals surface area contributed by atoms with Gasteiger partial charge in [0.05, 0.1) is 13.0 Å². The van der Waals surface area contributed by atoms with Gasteiger partial charge < -0.3 is 20.4 Å². The number of nitrogens with one attached hydrogen (secondary N) is 1. The molecule has 198 valence electrons. The second-order valence-corrected chi connectivity index (χ2v) is 9.01. The molecule has 0 atom stereocenters. The quantitative estimate of drug-likeness (QED) is 0.222. The fraction of sp³-hybridized carbons (Fsp3) is 0.480. The smallest absolute Gasteiger partial charge is 0.332 e. The van der Waals surface area contributed by atoms with E-state index in [-0.39, 0.29) is 17.9 Å². The minimum Gasteiger partial charge on any atom is -0.399 e. The number of H-pyrrole nitrogens is 1. The summed E-state index contributed by atoms with van der Waals surface area (Å²) in [5.74, 6) is 1.23. The number of aromatic amines is 1. The number of nitrogens with zero attached hydrogens (tertiary/aromatic N) is 7. The van der Waals surface area contributed by atoms with E-state index in [9.17, 15) is 14.7 Å². The first-order valence-corrected chi connectivity index (χ1v) is 12.7. The third-order valence-electron chi connectivity index (χ3n) is 6.51. The maximum Gasteiger partial charge on any atom is 0.332 e. The van der Waals surface area contributed by atoms with E-state index in [2.05, 4.69) is 20.1 Å². The van der Waals surface area contributed by atoms with E-state index in [1.54, 1.807) is 4.57 Å². The van der Waals surface area contributed by atoms with Crippen molar-refractivity contribution in [3.8, 4) is 0 Å². The van der Waals surface area contributed by atoms with E-state index < -0.39 is 0 Å². The molecule has 12 heteroatoms. The highest BCUT2D eigenvalue weighted by molar-refractivity contribution is 5.71. The monoisotopic (exact) mass is 509 g/mol. The van der Waals surface area contributed by atoms with Crippen molar-refractivity contribution in [2.45, 2.75) is 52.7 Å². The van der Waals surface area contributed by atoms with Gasteiger partial charge in [-0.2, -0.15) is 0 Å². The normalized spacial score (nSPS) is 11.7. The van der Waals surface area contributed by atoms with Crippen LogP contribution in [0.4, 0.5) is 5.69 Å². The van der Waals surface area contributed by atoms with Crippen LogP contribution in [0.3, 0.4) is 0 Å². The van der Waals surface area contributed by atoms with Crippen LogP contribution in [0.5, 0.6) is 0 Å². The highest BCUT2D eigenvalue weighted by Crippen LogP contribution is 2.16. The molecule has 0 radical (unpaired) electrons. The number of aliphatic hydroxyl groups excluding tert-OH is 1. The number of nitrogens with two attached hydrogens (primary N) is 1. The number of fused-ring (bicyclic) bond motifs is 1. The van der Waals surface area contributed by atoms with E-state index in [1.807, 2.05) is 42.7 Å². The lowest BCUT2D eigenvalue weighted by atomic mass is 10.1. The Morgan fingerprint density at radius 2 is 1.92 bits per heavy atom. The molecule has 4 rings (SSSR count). The first-order valence-electron chi connectivity index (χ1n) is 12.7. The second kappa shape index (κ2) is 12.0. The zero-order valence-electron chi connectivity index (χ0n) is 21.4. The summed E-state index contributed by atoms with van der Waals surface area (Å²) in [7, 11) is 0. The molecular formula is C25H35N9O3. The maximum atomic E-state index is 13.7. The van der Waals surface area contributed by atoms with Crippen LogP contribution in [-0.2, 0) is 32.5 Å². The summed E-state index contributed by atoms with van der Waals surface area (Å²) in [5.41, 5.74) is 7.66. The number of rotatable bonds is 13. The van der Waals surface area contributed by atoms with Crippen LogP contribution >= 0.6 is 0 Å². The topological polar surface area (TPSA) is 153 Å². The summed E-state index contributed by atoms with van der Waals surface area (Å²) in [6.45, 7) is 7.07. The number of aliphatic hydroxyl groups is 1. The molecule has 0 aliphatic carbocycles. The van der Waals surface area contributed by atoms with Gasteiger partial charge in [0.15, 0.2) is 11.2 Å². The molecule has 12 nitrogen and oxygen atoms in total. The number of benzene rings is 1. The van der Waals surface area contributed by atoms with Crippen LogP contribution in [0.15, 0.2) is 40.2 Å². The minimum atomic E-state index is -0.366. The van der Waals surface area contributed by atoms with E-state index in [0.29, 0.717) is 80.5 Å². The van der Waals surface area contributed by atoms with Crippen LogP contribution in [0.2, 0.25) is 0 Å². The molecule has 4 aromatic rings. The average Bonchev–Trinajstić information content (AvgIpc) is 3.52. The number of aromatic nitrogens is 7. The molecule has 0 aliphatic rings. The molecule has 37 heavy (non-hydrogen) atoms. The number of hydrogen-bond donors (Lipinski definition) is 3. The van der Waals surface area contributed by atoms with Gasteiger partial charge in [-0.05, 0) is 37.1 Å². The van der Waals surface area contributed by atoms with Crippen LogP contribution in [0.1, 0.15) is 37.5 Å². The number of aryl methyl sites for hydroxylation is 2. The predicted octanol–water partition coefficient (Wildman–Crippen LogP) is 0.618. The van der Waals surface area contributed by atoms with Crippen molar-refractivity contribution in [1.82, 2.24) is 38.8 Å². The molecule has 0 saturated carbocycles. The number of likely N-dealkylation sites (N-methyl/N-ethyl adjacent to an activating group) is 1. The SMILES string of the molecule is CCCn1c(=O)c2c(nc(Cc3nnc[nH]3)n2CCN(CC)CCO)n(CCc2cccc(N)c2)c1=O. The average molecular weight is 510 g/mol. The molecule has 0 spiro atoms. The number of nitrogen functional groups attached to an aromatic ring is 1. The first kappa shape index (κ1) is 26.3. The Hall–Kier alpha value is -3.77. The Morgan fingerprint density at radius 3 is 2.59 bits per heavy atom. The Labute approximate surface area is 214 Å². The first-order chi connectivity index (χ1) is 18.0. The van der Waals surface area contributed by atoms with Crippen molar-refractivity contribution in [3.05, 3.63) is 68.6 Å². The van der Waals surface area contributed by atoms with Gasteiger partial charge in [-0.1, -0.05) is 26.0 Å². The minimum absolute atomic E-state index is 0.0519. The van der Waals surface area contributed by atoms with Crippen LogP contribution in [0.25, 0.3) is 11.2 Å². The van der Waals surface area contributed by atoms with Crippen LogP contribution in [-0.4, -0.2) is 70.1 Å². The molecule has 0 aliphatic heterocycles. The zero-order valence-corrected chi connectivity index (χ0v) is 21.4. The lowest BCUT2D eigenvalue weighted by Gasteiger charge is -2.20. The third kappa shape index (κ3) is 5.81. The number of anilines is 1. The van der Waals surface area contributed by atoms with Gasteiger partial charge in [-0.25, -0.2) is 9.78 Å². The van der Waals surface area contributed by atoms with Gasteiger partial charge >= 0.3 is 5.69 Å². The van der Waals surface area contributed by atoms with E-state index in [4.69, 9.17) is 10.7 Å². The Bertz CT molecular complexity index is 1440. The Balaban J connectivity index is 1.85. The number of imidazole rings is 1. The van der Waals surface area contributed by atoms with Crippen molar-refractivity contribution >= 4 is 16.9 Å². The summed E-state index contributed by atoms with van der Waals surface area (Å²) in [6.07, 6.45) is 3.04. The van der Waals surface area contributed by atoms with Gasteiger partial charge in [-0.15, -0.1) is 10.2 Å². The molecule has 0 amide bonds. The lowest BCUT2D eigenvalue weighted by molar-refractivity contribution is 0.197. The van der Waals surface area contributed by atoms with Crippen LogP contribution < -0.4 is 17.0 Å². The van der Waals surface area contributed by atoms with Crippen molar-refractivity contribution in [3.63, 3.8) is 0 Å². The standard InChI is InChI=1S/C25H35N9O3/c1-3-9-34-24(36)22-23(33(25(34)37)10-8-18-6-5-7-19(26)15-18)29-21(16-20-27-17-28-30-20)32(22)12-11-31(4-2)13-14-35/h5-7,15,17,35H,3-4,8-14,16,26H2,1-2H3,(H,27,28,30). The molecule has 4 N–H and O–H groups in total. The van der Waals surface area contributed by atoms with Gasteiger partial charge in [0.1, 0.15) is 18.0 Å². The molecule has 0 fully saturated rings. The summed E-state index contributed by atoms with van der Waals surface area (Å²) in [5, 5.41) is 17.4. The van der Waals surface area contributed by atoms with Gasteiger partial charge in [0.25, 0.3) is 5.56 Å². The van der Waals surface area contributed by atoms with E-state index in [1.165, 1.54) is 10.9 Å². The predicted molar refractivity (Wildman–Crippen MR) is 141 cm³/mol. The van der Waals surface area contributed by atoms with Gasteiger partial charge in [0, 0.05) is 38.4 Å². The highest BCUT2D eigenvalue weighted by atomic mass is 16.3. The second-order valence-electron chi connectivity index (χ2n) is 9.01. The molecular weight excluding hydrogens is 474 g/mol. The molecule has 0 unspecified atom stereocenters. The molecule has 3 heterocycles. The summed E-state index contributed by atoms with van der Waals surface area (Å²) >= 11 is 0. The number of hydrogen-bond acceptors (Lipinski definition) is 8. The molecule has 0 bridgehead atoms. The van der Waals surface area contributed by atoms with E-state index in [0.717, 1.165) is 12.1 Å². The molecule has 1 aromatic carbocycles. The molecule has 0 saturated heterocycles. The van der Waals surface area contributed by atoms with Crippen molar-refractivity contribution < 1.29 is 5.11 Å². The van der Waals surface area contributed by atoms with Crippen LogP contribution in [0, 0.1) is 0 Å². The van der Waals surface area contributed by atoms with Crippen molar-refractivity contribution in [2.24, 2.45) is 0 Å². The highest BCUT2D eigenvalue weighted by Gasteiger charge is 2.22. The summed E-state index contributed by atoms with van der Waals surface area (Å²) in [4.78, 5) is 37.1. The third-order valence-corrected chi connectivity index (χ3v) is 6.51. The fourth-order valence-corrected chi connectivity index (χ4v) is 4.60. The fourth-order valence-electron chi connectivity index (χ4n) is 4.60. The van der Waals surface area contributed by atoms with Gasteiger partial charge in [-0.3, -0.25) is 18.8 Å². The van der Waals surface area contributed by atoms with Gasteiger partial charge in [0.2, 0.25) is 0 Å².